The molecular formula is C6H5LiO4S. The molecule has 1 heterocycles. The minimum Gasteiger partial charge on any atom is -1.00 e. The summed E-state index contributed by atoms with van der Waals surface area (Å²) in [5.41, 5.74) is -0.301. The van der Waals surface area contributed by atoms with Crippen LogP contribution in [0.2, 0.25) is 0 Å². The van der Waals surface area contributed by atoms with E-state index >= 15 is 0 Å². The Morgan fingerprint density at radius 3 is 1.75 bits per heavy atom. The smallest absolute Gasteiger partial charge is 1.00 e. The van der Waals surface area contributed by atoms with Crippen molar-refractivity contribution in [3.63, 3.8) is 0 Å². The van der Waals surface area contributed by atoms with E-state index in [0.717, 1.165) is 11.3 Å². The van der Waals surface area contributed by atoms with Gasteiger partial charge in [-0.05, 0) is 0 Å². The Hall–Kier alpha value is -0.763. The van der Waals surface area contributed by atoms with Crippen molar-refractivity contribution in [1.29, 1.82) is 0 Å². The summed E-state index contributed by atoms with van der Waals surface area (Å²) in [6, 6.07) is 0. The van der Waals surface area contributed by atoms with Crippen molar-refractivity contribution in [2.75, 3.05) is 0 Å². The zero-order valence-electron chi connectivity index (χ0n) is 7.27. The van der Waals surface area contributed by atoms with E-state index in [1.54, 1.807) is 0 Å². The van der Waals surface area contributed by atoms with E-state index in [1.165, 1.54) is 10.8 Å². The summed E-state index contributed by atoms with van der Waals surface area (Å²) < 4.78 is 0. The SMILES string of the molecule is O=C(O)c1cscc1C(=O)O.[H-].[Li+]. The zero-order valence-corrected chi connectivity index (χ0v) is 7.09. The molecule has 0 saturated carbocycles. The van der Waals surface area contributed by atoms with Gasteiger partial charge in [0.15, 0.2) is 0 Å². The summed E-state index contributed by atoms with van der Waals surface area (Å²) in [6.45, 7) is 0. The summed E-state index contributed by atoms with van der Waals surface area (Å²) in [5, 5.41) is 19.5. The maximum atomic E-state index is 10.3. The fraction of sp³-hybridized carbons (Fsp3) is 0. The van der Waals surface area contributed by atoms with Crippen molar-refractivity contribution in [2.24, 2.45) is 0 Å². The predicted octanol–water partition coefficient (Wildman–Crippen LogP) is -1.74. The van der Waals surface area contributed by atoms with Gasteiger partial charge in [0.2, 0.25) is 0 Å². The minimum absolute atomic E-state index is 0. The molecule has 2 N–H and O–H groups in total. The molecule has 0 aliphatic heterocycles. The van der Waals surface area contributed by atoms with Gasteiger partial charge in [-0.15, -0.1) is 0 Å². The molecule has 0 aliphatic carbocycles. The second kappa shape index (κ2) is 4.31. The number of carbonyl (C=O) groups is 2. The molecule has 0 bridgehead atoms. The standard InChI is InChI=1S/C6H4O4S.Li.H/c7-5(8)3-1-11-2-4(3)6(9)10;;/h1-2H,(H,7,8)(H,9,10);;/q;+1;-1. The van der Waals surface area contributed by atoms with Crippen LogP contribution in [-0.4, -0.2) is 22.2 Å². The van der Waals surface area contributed by atoms with Gasteiger partial charge >= 0.3 is 30.8 Å². The second-order valence-electron chi connectivity index (χ2n) is 1.81. The van der Waals surface area contributed by atoms with Crippen LogP contribution >= 0.6 is 11.3 Å². The van der Waals surface area contributed by atoms with Crippen LogP contribution in [-0.2, 0) is 0 Å². The van der Waals surface area contributed by atoms with Gasteiger partial charge in [0.25, 0.3) is 0 Å². The summed E-state index contributed by atoms with van der Waals surface area (Å²) in [5.74, 6) is -2.41. The van der Waals surface area contributed by atoms with E-state index in [9.17, 15) is 9.59 Å². The molecule has 0 aliphatic rings. The van der Waals surface area contributed by atoms with E-state index in [1.807, 2.05) is 0 Å². The molecule has 0 atom stereocenters. The van der Waals surface area contributed by atoms with Gasteiger partial charge in [-0.1, -0.05) is 0 Å². The number of carboxylic acids is 2. The molecule has 0 saturated heterocycles. The third-order valence-corrected chi connectivity index (χ3v) is 1.87. The number of thiophene rings is 1. The fourth-order valence-corrected chi connectivity index (χ4v) is 1.42. The fourth-order valence-electron chi connectivity index (χ4n) is 0.628. The van der Waals surface area contributed by atoms with Crippen LogP contribution in [0.1, 0.15) is 22.1 Å². The molecule has 6 heteroatoms. The third-order valence-electron chi connectivity index (χ3n) is 1.12. The topological polar surface area (TPSA) is 74.6 Å². The van der Waals surface area contributed by atoms with Crippen LogP contribution in [0.25, 0.3) is 0 Å². The largest absolute Gasteiger partial charge is 1.00 e. The van der Waals surface area contributed by atoms with Crippen molar-refractivity contribution in [2.45, 2.75) is 0 Å². The first-order valence-electron chi connectivity index (χ1n) is 2.65. The quantitative estimate of drug-likeness (QED) is 0.530. The predicted molar refractivity (Wildman–Crippen MR) is 39.3 cm³/mol. The molecule has 1 rings (SSSR count). The van der Waals surface area contributed by atoms with Crippen LogP contribution in [0.15, 0.2) is 10.8 Å². The molecule has 60 valence electrons. The molecule has 0 unspecified atom stereocenters. The minimum atomic E-state index is -1.20. The van der Waals surface area contributed by atoms with Crippen molar-refractivity contribution < 1.29 is 40.1 Å². The van der Waals surface area contributed by atoms with E-state index in [-0.39, 0.29) is 31.4 Å². The molecule has 12 heavy (non-hydrogen) atoms. The summed E-state index contributed by atoms with van der Waals surface area (Å²) >= 11 is 1.06. The molecule has 1 aromatic rings. The monoisotopic (exact) mass is 180 g/mol. The van der Waals surface area contributed by atoms with Crippen LogP contribution in [0.4, 0.5) is 0 Å². The van der Waals surface area contributed by atoms with E-state index < -0.39 is 11.9 Å². The van der Waals surface area contributed by atoms with Crippen LogP contribution < -0.4 is 18.9 Å². The van der Waals surface area contributed by atoms with Gasteiger partial charge in [-0.25, -0.2) is 9.59 Å². The number of rotatable bonds is 2. The van der Waals surface area contributed by atoms with Crippen molar-refractivity contribution >= 4 is 23.3 Å². The van der Waals surface area contributed by atoms with E-state index in [0.29, 0.717) is 0 Å². The summed E-state index contributed by atoms with van der Waals surface area (Å²) in [6.07, 6.45) is 0. The normalized spacial score (nSPS) is 8.67. The number of aromatic carboxylic acids is 2. The summed E-state index contributed by atoms with van der Waals surface area (Å²) in [4.78, 5) is 20.7. The molecule has 0 spiro atoms. The van der Waals surface area contributed by atoms with E-state index in [4.69, 9.17) is 10.2 Å². The maximum Gasteiger partial charge on any atom is 1.00 e. The Balaban J connectivity index is 0. The summed E-state index contributed by atoms with van der Waals surface area (Å²) in [7, 11) is 0. The third kappa shape index (κ3) is 2.11. The van der Waals surface area contributed by atoms with Gasteiger partial charge in [0.05, 0.1) is 11.1 Å². The molecular weight excluding hydrogens is 175 g/mol. The first-order valence-corrected chi connectivity index (χ1v) is 3.60. The number of hydrogen-bond acceptors (Lipinski definition) is 3. The molecule has 0 radical (unpaired) electrons. The van der Waals surface area contributed by atoms with Crippen LogP contribution in [0.5, 0.6) is 0 Å². The number of hydrogen-bond donors (Lipinski definition) is 2. The van der Waals surface area contributed by atoms with Crippen molar-refractivity contribution in [1.82, 2.24) is 0 Å². The Kier molecular flexibility index (Phi) is 4.04. The Bertz CT molecular complexity index is 283. The van der Waals surface area contributed by atoms with Crippen molar-refractivity contribution in [3.05, 3.63) is 21.9 Å². The Morgan fingerprint density at radius 1 is 1.17 bits per heavy atom. The average Bonchev–Trinajstić information content (AvgIpc) is 2.32. The average molecular weight is 180 g/mol. The Morgan fingerprint density at radius 2 is 1.50 bits per heavy atom. The molecule has 1 aromatic heterocycles. The molecule has 0 amide bonds. The Labute approximate surface area is 85.5 Å². The van der Waals surface area contributed by atoms with Gasteiger partial charge in [0.1, 0.15) is 0 Å². The zero-order chi connectivity index (χ0) is 8.43. The molecule has 0 fully saturated rings. The van der Waals surface area contributed by atoms with Gasteiger partial charge in [-0.3, -0.25) is 0 Å². The van der Waals surface area contributed by atoms with Crippen LogP contribution in [0, 0.1) is 0 Å². The van der Waals surface area contributed by atoms with Gasteiger partial charge < -0.3 is 11.6 Å². The van der Waals surface area contributed by atoms with Crippen LogP contribution in [0.3, 0.4) is 0 Å². The van der Waals surface area contributed by atoms with Gasteiger partial charge in [0, 0.05) is 10.8 Å². The molecule has 4 nitrogen and oxygen atoms in total. The van der Waals surface area contributed by atoms with E-state index in [2.05, 4.69) is 0 Å². The second-order valence-corrected chi connectivity index (χ2v) is 2.55. The molecule has 0 aromatic carbocycles. The number of carboxylic acid groups (broad SMARTS) is 2. The van der Waals surface area contributed by atoms with Crippen molar-refractivity contribution in [3.8, 4) is 0 Å². The first kappa shape index (κ1) is 11.2. The maximum absolute atomic E-state index is 10.3. The van der Waals surface area contributed by atoms with Gasteiger partial charge in [-0.2, -0.15) is 11.3 Å². The first-order chi connectivity index (χ1) is 5.13.